The molecular formula is C29H35N3O3. The fourth-order valence-corrected chi connectivity index (χ4v) is 3.68. The fraction of sp³-hybridized carbons (Fsp3) is 0.345. The summed E-state index contributed by atoms with van der Waals surface area (Å²) < 4.78 is 11.4. The second kappa shape index (κ2) is 14.6. The molecule has 6 nitrogen and oxygen atoms in total. The molecule has 3 aromatic rings. The van der Waals surface area contributed by atoms with Crippen molar-refractivity contribution in [1.82, 2.24) is 14.9 Å². The summed E-state index contributed by atoms with van der Waals surface area (Å²) in [5.41, 5.74) is 3.21. The van der Waals surface area contributed by atoms with Gasteiger partial charge in [0.1, 0.15) is 0 Å². The van der Waals surface area contributed by atoms with E-state index >= 15 is 0 Å². The molecule has 0 aliphatic rings. The van der Waals surface area contributed by atoms with Crippen molar-refractivity contribution < 1.29 is 14.3 Å². The average molecular weight is 474 g/mol. The Balaban J connectivity index is 1.67. The Hall–Kier alpha value is -3.67. The maximum atomic E-state index is 13.2. The predicted octanol–water partition coefficient (Wildman–Crippen LogP) is 5.38. The SMILES string of the molecule is CCCCCOc1cc(C=CC(=O)N(CCc2ccncc2)CCc2ccncc2)ccc1OC. The van der Waals surface area contributed by atoms with Gasteiger partial charge >= 0.3 is 0 Å². The van der Waals surface area contributed by atoms with Gasteiger partial charge in [-0.05, 0) is 78.4 Å². The van der Waals surface area contributed by atoms with E-state index in [4.69, 9.17) is 9.47 Å². The molecule has 0 N–H and O–H groups in total. The number of nitrogens with zero attached hydrogens (tertiary/aromatic N) is 3. The Kier molecular flexibility index (Phi) is 10.8. The maximum absolute atomic E-state index is 13.2. The van der Waals surface area contributed by atoms with Gasteiger partial charge in [0.2, 0.25) is 5.91 Å². The lowest BCUT2D eigenvalue weighted by molar-refractivity contribution is -0.125. The molecule has 1 aromatic carbocycles. The van der Waals surface area contributed by atoms with Crippen LogP contribution in [0.1, 0.15) is 42.9 Å². The van der Waals surface area contributed by atoms with Crippen molar-refractivity contribution in [1.29, 1.82) is 0 Å². The minimum atomic E-state index is -0.0191. The van der Waals surface area contributed by atoms with E-state index < -0.39 is 0 Å². The molecule has 0 unspecified atom stereocenters. The zero-order valence-electron chi connectivity index (χ0n) is 20.7. The third-order valence-electron chi connectivity index (χ3n) is 5.76. The van der Waals surface area contributed by atoms with Gasteiger partial charge in [-0.15, -0.1) is 0 Å². The third kappa shape index (κ3) is 8.89. The summed E-state index contributed by atoms with van der Waals surface area (Å²) in [6.07, 6.45) is 15.4. The predicted molar refractivity (Wildman–Crippen MR) is 140 cm³/mol. The molecule has 184 valence electrons. The first-order valence-electron chi connectivity index (χ1n) is 12.2. The van der Waals surface area contributed by atoms with E-state index in [0.29, 0.717) is 31.2 Å². The van der Waals surface area contributed by atoms with Gasteiger partial charge < -0.3 is 14.4 Å². The molecule has 0 saturated carbocycles. The summed E-state index contributed by atoms with van der Waals surface area (Å²) in [4.78, 5) is 23.2. The number of benzene rings is 1. The monoisotopic (exact) mass is 473 g/mol. The van der Waals surface area contributed by atoms with Gasteiger partial charge in [-0.1, -0.05) is 25.8 Å². The molecule has 2 heterocycles. The Morgan fingerprint density at radius 3 is 2.09 bits per heavy atom. The quantitative estimate of drug-likeness (QED) is 0.232. The molecule has 0 bridgehead atoms. The van der Waals surface area contributed by atoms with Gasteiger partial charge in [-0.2, -0.15) is 0 Å². The number of hydrogen-bond acceptors (Lipinski definition) is 5. The van der Waals surface area contributed by atoms with Crippen LogP contribution in [0.4, 0.5) is 0 Å². The molecule has 2 aromatic heterocycles. The van der Waals surface area contributed by atoms with Crippen LogP contribution in [-0.4, -0.2) is 47.6 Å². The molecule has 0 fully saturated rings. The van der Waals surface area contributed by atoms with Crippen LogP contribution in [0.5, 0.6) is 11.5 Å². The zero-order chi connectivity index (χ0) is 24.7. The van der Waals surface area contributed by atoms with Crippen LogP contribution >= 0.6 is 0 Å². The number of amides is 1. The number of hydrogen-bond donors (Lipinski definition) is 0. The summed E-state index contributed by atoms with van der Waals surface area (Å²) in [5.74, 6) is 1.38. The van der Waals surface area contributed by atoms with Crippen molar-refractivity contribution >= 4 is 12.0 Å². The van der Waals surface area contributed by atoms with E-state index in [-0.39, 0.29) is 5.91 Å². The number of carbonyl (C=O) groups is 1. The van der Waals surface area contributed by atoms with Crippen molar-refractivity contribution in [3.05, 3.63) is 90.0 Å². The van der Waals surface area contributed by atoms with Crippen LogP contribution in [0, 0.1) is 0 Å². The van der Waals surface area contributed by atoms with Crippen molar-refractivity contribution in [2.24, 2.45) is 0 Å². The highest BCUT2D eigenvalue weighted by atomic mass is 16.5. The first-order chi connectivity index (χ1) is 17.2. The fourth-order valence-electron chi connectivity index (χ4n) is 3.68. The Bertz CT molecular complexity index is 1010. The van der Waals surface area contributed by atoms with Crippen molar-refractivity contribution in [2.75, 3.05) is 26.8 Å². The molecule has 0 spiro atoms. The van der Waals surface area contributed by atoms with Crippen LogP contribution < -0.4 is 9.47 Å². The lowest BCUT2D eigenvalue weighted by Crippen LogP contribution is -2.33. The van der Waals surface area contributed by atoms with E-state index in [1.54, 1.807) is 38.0 Å². The standard InChI is InChI=1S/C29H35N3O3/c1-3-4-5-22-35-28-23-26(6-8-27(28)34-2)7-9-29(33)32(20-14-24-10-16-30-17-11-24)21-15-25-12-18-31-19-13-25/h6-13,16-19,23H,3-5,14-15,20-22H2,1-2H3. The highest BCUT2D eigenvalue weighted by Gasteiger charge is 2.12. The molecule has 0 radical (unpaired) electrons. The molecule has 3 rings (SSSR count). The molecule has 6 heteroatoms. The van der Waals surface area contributed by atoms with Gasteiger partial charge in [0.15, 0.2) is 11.5 Å². The van der Waals surface area contributed by atoms with Gasteiger partial charge in [0.05, 0.1) is 13.7 Å². The largest absolute Gasteiger partial charge is 0.493 e. The van der Waals surface area contributed by atoms with Crippen molar-refractivity contribution in [3.8, 4) is 11.5 Å². The number of carbonyl (C=O) groups excluding carboxylic acids is 1. The summed E-state index contributed by atoms with van der Waals surface area (Å²) in [6.45, 7) is 4.08. The molecule has 0 aliphatic carbocycles. The highest BCUT2D eigenvalue weighted by molar-refractivity contribution is 5.91. The number of ether oxygens (including phenoxy) is 2. The summed E-state index contributed by atoms with van der Waals surface area (Å²) in [5, 5.41) is 0. The van der Waals surface area contributed by atoms with Crippen molar-refractivity contribution in [3.63, 3.8) is 0 Å². The topological polar surface area (TPSA) is 64.5 Å². The van der Waals surface area contributed by atoms with Gasteiger partial charge in [-0.3, -0.25) is 14.8 Å². The van der Waals surface area contributed by atoms with Crippen LogP contribution in [0.25, 0.3) is 6.08 Å². The van der Waals surface area contributed by atoms with E-state index in [9.17, 15) is 4.79 Å². The minimum absolute atomic E-state index is 0.0191. The normalized spacial score (nSPS) is 10.9. The smallest absolute Gasteiger partial charge is 0.246 e. The van der Waals surface area contributed by atoms with Crippen LogP contribution in [-0.2, 0) is 17.6 Å². The number of unbranched alkanes of at least 4 members (excludes halogenated alkanes) is 2. The van der Waals surface area contributed by atoms with Gasteiger partial charge in [-0.25, -0.2) is 0 Å². The second-order valence-electron chi connectivity index (χ2n) is 8.34. The molecule has 35 heavy (non-hydrogen) atoms. The van der Waals surface area contributed by atoms with Gasteiger partial charge in [0, 0.05) is 44.0 Å². The Morgan fingerprint density at radius 1 is 0.886 bits per heavy atom. The molecule has 0 saturated heterocycles. The first kappa shape index (κ1) is 25.9. The molecular weight excluding hydrogens is 438 g/mol. The van der Waals surface area contributed by atoms with Crippen LogP contribution in [0.2, 0.25) is 0 Å². The van der Waals surface area contributed by atoms with E-state index in [2.05, 4.69) is 16.9 Å². The minimum Gasteiger partial charge on any atom is -0.493 e. The molecule has 1 amide bonds. The molecule has 0 atom stereocenters. The van der Waals surface area contributed by atoms with Crippen LogP contribution in [0.15, 0.2) is 73.3 Å². The summed E-state index contributed by atoms with van der Waals surface area (Å²) in [7, 11) is 1.64. The number of aromatic nitrogens is 2. The Labute approximate surface area is 208 Å². The van der Waals surface area contributed by atoms with E-state index in [0.717, 1.165) is 48.8 Å². The lowest BCUT2D eigenvalue weighted by Gasteiger charge is -2.21. The summed E-state index contributed by atoms with van der Waals surface area (Å²) in [6, 6.07) is 13.7. The second-order valence-corrected chi connectivity index (χ2v) is 8.34. The van der Waals surface area contributed by atoms with E-state index in [1.807, 2.05) is 53.4 Å². The zero-order valence-corrected chi connectivity index (χ0v) is 20.7. The summed E-state index contributed by atoms with van der Waals surface area (Å²) >= 11 is 0. The first-order valence-corrected chi connectivity index (χ1v) is 12.2. The molecule has 0 aliphatic heterocycles. The lowest BCUT2D eigenvalue weighted by atomic mass is 10.1. The van der Waals surface area contributed by atoms with Gasteiger partial charge in [0.25, 0.3) is 0 Å². The number of rotatable bonds is 14. The highest BCUT2D eigenvalue weighted by Crippen LogP contribution is 2.29. The van der Waals surface area contributed by atoms with Crippen molar-refractivity contribution in [2.45, 2.75) is 39.0 Å². The Morgan fingerprint density at radius 2 is 1.51 bits per heavy atom. The average Bonchev–Trinajstić information content (AvgIpc) is 2.91. The van der Waals surface area contributed by atoms with E-state index in [1.165, 1.54) is 0 Å². The number of pyridine rings is 2. The van der Waals surface area contributed by atoms with Crippen LogP contribution in [0.3, 0.4) is 0 Å². The third-order valence-corrected chi connectivity index (χ3v) is 5.76. The maximum Gasteiger partial charge on any atom is 0.246 e. The number of methoxy groups -OCH3 is 1.